The smallest absolute Gasteiger partial charge is 0.409 e. The van der Waals surface area contributed by atoms with Gasteiger partial charge in [0.05, 0.1) is 18.5 Å². The van der Waals surface area contributed by atoms with Crippen molar-refractivity contribution in [3.8, 4) is 11.3 Å². The summed E-state index contributed by atoms with van der Waals surface area (Å²) >= 11 is 0. The number of anilines is 1. The first-order valence-electron chi connectivity index (χ1n) is 10.3. The highest BCUT2D eigenvalue weighted by Gasteiger charge is 2.26. The molecule has 3 aromatic heterocycles. The Morgan fingerprint density at radius 1 is 1.28 bits per heavy atom. The van der Waals surface area contributed by atoms with Crippen LogP contribution in [0.1, 0.15) is 19.3 Å². The summed E-state index contributed by atoms with van der Waals surface area (Å²) in [6.45, 7) is 3.49. The summed E-state index contributed by atoms with van der Waals surface area (Å²) in [7, 11) is 1.91. The van der Waals surface area contributed by atoms with E-state index < -0.39 is 0 Å². The highest BCUT2D eigenvalue weighted by molar-refractivity contribution is 5.93. The molecule has 1 saturated carbocycles. The van der Waals surface area contributed by atoms with Crippen molar-refractivity contribution in [1.82, 2.24) is 24.6 Å². The molecule has 1 aliphatic heterocycles. The molecule has 0 radical (unpaired) electrons. The number of nitrogens with one attached hydrogen (secondary N) is 1. The second-order valence-corrected chi connectivity index (χ2v) is 8.03. The Balaban J connectivity index is 1.27. The number of nitrogens with zero attached hydrogens (tertiary/aromatic N) is 5. The van der Waals surface area contributed by atoms with Gasteiger partial charge in [0.15, 0.2) is 0 Å². The minimum atomic E-state index is -0.170. The Morgan fingerprint density at radius 3 is 2.79 bits per heavy atom. The number of amides is 1. The molecular formula is C21H26N6O2. The van der Waals surface area contributed by atoms with Crippen molar-refractivity contribution in [2.45, 2.75) is 19.3 Å². The summed E-state index contributed by atoms with van der Waals surface area (Å²) in [5.41, 5.74) is 4.05. The van der Waals surface area contributed by atoms with E-state index in [1.165, 1.54) is 19.3 Å². The molecule has 4 heterocycles. The van der Waals surface area contributed by atoms with Crippen molar-refractivity contribution < 1.29 is 9.53 Å². The summed E-state index contributed by atoms with van der Waals surface area (Å²) in [4.78, 5) is 24.4. The maximum absolute atomic E-state index is 12.3. The van der Waals surface area contributed by atoms with E-state index in [-0.39, 0.29) is 6.09 Å². The van der Waals surface area contributed by atoms with Crippen LogP contribution in [-0.2, 0) is 11.8 Å². The van der Waals surface area contributed by atoms with E-state index in [9.17, 15) is 4.79 Å². The third kappa shape index (κ3) is 3.54. The first-order valence-corrected chi connectivity index (χ1v) is 10.3. The number of carbonyl (C=O) groups excluding carboxylic acids is 1. The zero-order valence-corrected chi connectivity index (χ0v) is 16.7. The van der Waals surface area contributed by atoms with Gasteiger partial charge in [-0.25, -0.2) is 9.78 Å². The second-order valence-electron chi connectivity index (χ2n) is 8.03. The number of pyridine rings is 1. The standard InChI is InChI=1S/C21H26N6O2/c1-25-13-16(12-23-25)18-11-17-19(5-6-22-20(17)24-18)26-7-9-27(10-8-26)21(28)29-14-15-3-2-4-15/h5-6,11-13,15H,2-4,7-10,14H2,1H3,(H,22,24). The van der Waals surface area contributed by atoms with E-state index in [0.717, 1.165) is 41.1 Å². The minimum Gasteiger partial charge on any atom is -0.449 e. The zero-order valence-electron chi connectivity index (χ0n) is 16.7. The van der Waals surface area contributed by atoms with Crippen LogP contribution < -0.4 is 4.90 Å². The number of rotatable bonds is 4. The quantitative estimate of drug-likeness (QED) is 0.736. The van der Waals surface area contributed by atoms with Crippen LogP contribution in [-0.4, -0.2) is 63.5 Å². The zero-order chi connectivity index (χ0) is 19.8. The molecule has 1 amide bonds. The van der Waals surface area contributed by atoms with Crippen LogP contribution >= 0.6 is 0 Å². The van der Waals surface area contributed by atoms with Crippen molar-refractivity contribution in [2.75, 3.05) is 37.7 Å². The molecule has 8 nitrogen and oxygen atoms in total. The van der Waals surface area contributed by atoms with Crippen LogP contribution in [0.4, 0.5) is 10.5 Å². The van der Waals surface area contributed by atoms with E-state index in [0.29, 0.717) is 25.6 Å². The third-order valence-corrected chi connectivity index (χ3v) is 6.07. The number of H-pyrrole nitrogens is 1. The molecule has 0 bridgehead atoms. The van der Waals surface area contributed by atoms with Gasteiger partial charge in [0, 0.05) is 62.3 Å². The minimum absolute atomic E-state index is 0.170. The Kier molecular flexibility index (Phi) is 4.61. The Morgan fingerprint density at radius 2 is 2.10 bits per heavy atom. The number of aromatic nitrogens is 4. The molecular weight excluding hydrogens is 368 g/mol. The Bertz CT molecular complexity index is 1010. The maximum atomic E-state index is 12.3. The van der Waals surface area contributed by atoms with E-state index >= 15 is 0 Å². The highest BCUT2D eigenvalue weighted by Crippen LogP contribution is 2.31. The molecule has 8 heteroatoms. The lowest BCUT2D eigenvalue weighted by Gasteiger charge is -2.36. The average Bonchev–Trinajstić information content (AvgIpc) is 3.32. The van der Waals surface area contributed by atoms with Crippen LogP contribution in [0.15, 0.2) is 30.7 Å². The lowest BCUT2D eigenvalue weighted by atomic mass is 9.86. The number of carbonyl (C=O) groups is 1. The molecule has 2 aliphatic rings. The van der Waals surface area contributed by atoms with Crippen molar-refractivity contribution in [3.05, 3.63) is 30.7 Å². The van der Waals surface area contributed by atoms with Crippen molar-refractivity contribution in [2.24, 2.45) is 13.0 Å². The SMILES string of the molecule is Cn1cc(-c2cc3c(N4CCN(C(=O)OCC5CCC5)CC4)ccnc3[nH]2)cn1. The summed E-state index contributed by atoms with van der Waals surface area (Å²) in [6.07, 6.45) is 9.14. The average molecular weight is 394 g/mol. The number of fused-ring (bicyclic) bond motifs is 1. The normalized spacial score (nSPS) is 17.6. The van der Waals surface area contributed by atoms with Gasteiger partial charge in [0.2, 0.25) is 0 Å². The van der Waals surface area contributed by atoms with Gasteiger partial charge in [-0.05, 0) is 30.9 Å². The Labute approximate surface area is 169 Å². The number of aryl methyl sites for hydroxylation is 1. The van der Waals surface area contributed by atoms with Gasteiger partial charge in [0.1, 0.15) is 5.65 Å². The number of hydrogen-bond acceptors (Lipinski definition) is 5. The first-order chi connectivity index (χ1) is 14.2. The topological polar surface area (TPSA) is 79.3 Å². The van der Waals surface area contributed by atoms with E-state index in [1.807, 2.05) is 36.6 Å². The fourth-order valence-corrected chi connectivity index (χ4v) is 4.07. The summed E-state index contributed by atoms with van der Waals surface area (Å²) in [5, 5.41) is 5.34. The second kappa shape index (κ2) is 7.42. The lowest BCUT2D eigenvalue weighted by molar-refractivity contribution is 0.0704. The van der Waals surface area contributed by atoms with Gasteiger partial charge in [0.25, 0.3) is 0 Å². The van der Waals surface area contributed by atoms with Gasteiger partial charge in [-0.1, -0.05) is 6.42 Å². The van der Waals surface area contributed by atoms with Gasteiger partial charge < -0.3 is 19.5 Å². The van der Waals surface area contributed by atoms with Crippen molar-refractivity contribution >= 4 is 22.8 Å². The highest BCUT2D eigenvalue weighted by atomic mass is 16.6. The number of hydrogen-bond donors (Lipinski definition) is 1. The summed E-state index contributed by atoms with van der Waals surface area (Å²) in [6, 6.07) is 4.18. The molecule has 0 aromatic carbocycles. The number of piperazine rings is 1. The molecule has 3 aromatic rings. The summed E-state index contributed by atoms with van der Waals surface area (Å²) in [5.74, 6) is 0.577. The fourth-order valence-electron chi connectivity index (χ4n) is 4.07. The van der Waals surface area contributed by atoms with Crippen LogP contribution in [0.5, 0.6) is 0 Å². The predicted molar refractivity (Wildman–Crippen MR) is 111 cm³/mol. The molecule has 1 aliphatic carbocycles. The van der Waals surface area contributed by atoms with Gasteiger partial charge in [-0.3, -0.25) is 4.68 Å². The van der Waals surface area contributed by atoms with E-state index in [4.69, 9.17) is 4.74 Å². The van der Waals surface area contributed by atoms with E-state index in [2.05, 4.69) is 26.0 Å². The molecule has 5 rings (SSSR count). The lowest BCUT2D eigenvalue weighted by Crippen LogP contribution is -2.49. The Hall–Kier alpha value is -3.03. The van der Waals surface area contributed by atoms with Crippen LogP contribution in [0.3, 0.4) is 0 Å². The molecule has 1 N–H and O–H groups in total. The number of aromatic amines is 1. The molecule has 29 heavy (non-hydrogen) atoms. The third-order valence-electron chi connectivity index (χ3n) is 6.07. The maximum Gasteiger partial charge on any atom is 0.409 e. The van der Waals surface area contributed by atoms with Crippen molar-refractivity contribution in [1.29, 1.82) is 0 Å². The predicted octanol–water partition coefficient (Wildman–Crippen LogP) is 3.02. The molecule has 0 unspecified atom stereocenters. The molecule has 152 valence electrons. The van der Waals surface area contributed by atoms with Crippen molar-refractivity contribution in [3.63, 3.8) is 0 Å². The molecule has 0 spiro atoms. The largest absolute Gasteiger partial charge is 0.449 e. The molecule has 1 saturated heterocycles. The van der Waals surface area contributed by atoms with Gasteiger partial charge in [-0.15, -0.1) is 0 Å². The van der Waals surface area contributed by atoms with E-state index in [1.54, 1.807) is 4.68 Å². The fraction of sp³-hybridized carbons (Fsp3) is 0.476. The van der Waals surface area contributed by atoms with Crippen LogP contribution in [0.25, 0.3) is 22.3 Å². The van der Waals surface area contributed by atoms with Gasteiger partial charge >= 0.3 is 6.09 Å². The van der Waals surface area contributed by atoms with Crippen LogP contribution in [0, 0.1) is 5.92 Å². The summed E-state index contributed by atoms with van der Waals surface area (Å²) < 4.78 is 7.29. The van der Waals surface area contributed by atoms with Gasteiger partial charge in [-0.2, -0.15) is 5.10 Å². The first kappa shape index (κ1) is 18.0. The van der Waals surface area contributed by atoms with Crippen LogP contribution in [0.2, 0.25) is 0 Å². The monoisotopic (exact) mass is 394 g/mol. The molecule has 0 atom stereocenters. The number of ether oxygens (including phenoxy) is 1. The molecule has 2 fully saturated rings.